The maximum absolute atomic E-state index is 5.76. The molecule has 0 amide bonds. The van der Waals surface area contributed by atoms with Gasteiger partial charge < -0.3 is 9.47 Å². The fourth-order valence-corrected chi connectivity index (χ4v) is 1.90. The summed E-state index contributed by atoms with van der Waals surface area (Å²) in [7, 11) is 0. The van der Waals surface area contributed by atoms with Crippen molar-refractivity contribution < 1.29 is 9.47 Å². The van der Waals surface area contributed by atoms with Crippen molar-refractivity contribution in [2.75, 3.05) is 13.2 Å². The lowest BCUT2D eigenvalue weighted by Gasteiger charge is -2.44. The van der Waals surface area contributed by atoms with Gasteiger partial charge in [-0.3, -0.25) is 0 Å². The standard InChI is InChI=1S/C13H26O2/c1-6-7-8-11(2)13(5)9-14-12(3,4)15-10-13/h11H,6-10H2,1-5H3. The molecule has 1 saturated heterocycles. The molecule has 1 aliphatic rings. The first kappa shape index (κ1) is 13.0. The van der Waals surface area contributed by atoms with Crippen LogP contribution in [0.2, 0.25) is 0 Å². The number of rotatable bonds is 4. The fraction of sp³-hybridized carbons (Fsp3) is 1.00. The van der Waals surface area contributed by atoms with Gasteiger partial charge in [-0.25, -0.2) is 0 Å². The molecule has 2 nitrogen and oxygen atoms in total. The van der Waals surface area contributed by atoms with Crippen molar-refractivity contribution in [3.8, 4) is 0 Å². The summed E-state index contributed by atoms with van der Waals surface area (Å²) < 4.78 is 11.5. The lowest BCUT2D eigenvalue weighted by Crippen LogP contribution is -2.48. The quantitative estimate of drug-likeness (QED) is 0.712. The summed E-state index contributed by atoms with van der Waals surface area (Å²) in [5.74, 6) is 0.290. The summed E-state index contributed by atoms with van der Waals surface area (Å²) in [6.45, 7) is 12.5. The molecule has 1 unspecified atom stereocenters. The van der Waals surface area contributed by atoms with Gasteiger partial charge in [-0.05, 0) is 19.8 Å². The second-order valence-corrected chi connectivity index (χ2v) is 5.67. The van der Waals surface area contributed by atoms with E-state index in [1.165, 1.54) is 19.3 Å². The van der Waals surface area contributed by atoms with E-state index in [1.54, 1.807) is 0 Å². The van der Waals surface area contributed by atoms with Crippen LogP contribution in [0.5, 0.6) is 0 Å². The van der Waals surface area contributed by atoms with Gasteiger partial charge in [-0.15, -0.1) is 0 Å². The van der Waals surface area contributed by atoms with Gasteiger partial charge in [0.25, 0.3) is 0 Å². The Labute approximate surface area is 94.3 Å². The molecule has 0 bridgehead atoms. The zero-order chi connectivity index (χ0) is 11.5. The third-order valence-corrected chi connectivity index (χ3v) is 3.68. The predicted molar refractivity (Wildman–Crippen MR) is 62.8 cm³/mol. The van der Waals surface area contributed by atoms with E-state index in [9.17, 15) is 0 Å². The largest absolute Gasteiger partial charge is 0.350 e. The molecule has 0 aromatic rings. The van der Waals surface area contributed by atoms with Crippen molar-refractivity contribution in [3.63, 3.8) is 0 Å². The van der Waals surface area contributed by atoms with Crippen LogP contribution >= 0.6 is 0 Å². The average Bonchev–Trinajstić information content (AvgIpc) is 2.19. The first-order chi connectivity index (χ1) is 6.90. The predicted octanol–water partition coefficient (Wildman–Crippen LogP) is 3.60. The Morgan fingerprint density at radius 2 is 1.67 bits per heavy atom. The van der Waals surface area contributed by atoms with Gasteiger partial charge in [0.1, 0.15) is 0 Å². The molecule has 1 aliphatic heterocycles. The Morgan fingerprint density at radius 3 is 2.13 bits per heavy atom. The Balaban J connectivity index is 2.46. The molecule has 1 fully saturated rings. The van der Waals surface area contributed by atoms with Crippen molar-refractivity contribution in [3.05, 3.63) is 0 Å². The van der Waals surface area contributed by atoms with E-state index < -0.39 is 0 Å². The number of hydrogen-bond acceptors (Lipinski definition) is 2. The van der Waals surface area contributed by atoms with Crippen molar-refractivity contribution in [1.29, 1.82) is 0 Å². The maximum atomic E-state index is 5.76. The molecule has 1 heterocycles. The van der Waals surface area contributed by atoms with Gasteiger partial charge in [-0.2, -0.15) is 0 Å². The number of unbranched alkanes of at least 4 members (excludes halogenated alkanes) is 1. The molecule has 15 heavy (non-hydrogen) atoms. The highest BCUT2D eigenvalue weighted by Crippen LogP contribution is 2.37. The van der Waals surface area contributed by atoms with E-state index >= 15 is 0 Å². The molecule has 0 aliphatic carbocycles. The Morgan fingerprint density at radius 1 is 1.13 bits per heavy atom. The van der Waals surface area contributed by atoms with Crippen LogP contribution in [0.25, 0.3) is 0 Å². The van der Waals surface area contributed by atoms with Crippen LogP contribution < -0.4 is 0 Å². The van der Waals surface area contributed by atoms with E-state index in [-0.39, 0.29) is 11.2 Å². The highest BCUT2D eigenvalue weighted by atomic mass is 16.7. The van der Waals surface area contributed by atoms with E-state index in [1.807, 2.05) is 13.8 Å². The first-order valence-electron chi connectivity index (χ1n) is 6.17. The molecule has 1 atom stereocenters. The molecule has 0 spiro atoms. The molecule has 0 N–H and O–H groups in total. The van der Waals surface area contributed by atoms with Gasteiger partial charge in [0, 0.05) is 5.41 Å². The average molecular weight is 214 g/mol. The zero-order valence-electron chi connectivity index (χ0n) is 10.9. The lowest BCUT2D eigenvalue weighted by atomic mass is 9.76. The monoisotopic (exact) mass is 214 g/mol. The molecule has 0 aromatic carbocycles. The van der Waals surface area contributed by atoms with Crippen molar-refractivity contribution in [2.45, 2.75) is 59.7 Å². The molecular weight excluding hydrogens is 188 g/mol. The van der Waals surface area contributed by atoms with E-state index in [4.69, 9.17) is 9.47 Å². The highest BCUT2D eigenvalue weighted by molar-refractivity contribution is 4.83. The van der Waals surface area contributed by atoms with Gasteiger partial charge in [-0.1, -0.05) is 40.0 Å². The third kappa shape index (κ3) is 3.46. The smallest absolute Gasteiger partial charge is 0.162 e. The van der Waals surface area contributed by atoms with Gasteiger partial charge >= 0.3 is 0 Å². The van der Waals surface area contributed by atoms with Crippen LogP contribution in [0.4, 0.5) is 0 Å². The fourth-order valence-electron chi connectivity index (χ4n) is 1.90. The second kappa shape index (κ2) is 4.84. The molecule has 0 radical (unpaired) electrons. The lowest BCUT2D eigenvalue weighted by molar-refractivity contribution is -0.290. The van der Waals surface area contributed by atoms with Crippen LogP contribution in [0, 0.1) is 11.3 Å². The third-order valence-electron chi connectivity index (χ3n) is 3.68. The van der Waals surface area contributed by atoms with Crippen LogP contribution in [-0.2, 0) is 9.47 Å². The minimum Gasteiger partial charge on any atom is -0.350 e. The molecule has 0 saturated carbocycles. The first-order valence-corrected chi connectivity index (χ1v) is 6.17. The van der Waals surface area contributed by atoms with Gasteiger partial charge in [0.05, 0.1) is 13.2 Å². The summed E-state index contributed by atoms with van der Waals surface area (Å²) in [5, 5.41) is 0. The Hall–Kier alpha value is -0.0800. The van der Waals surface area contributed by atoms with Crippen molar-refractivity contribution in [2.24, 2.45) is 11.3 Å². The minimum atomic E-state index is -0.385. The Bertz CT molecular complexity index is 189. The van der Waals surface area contributed by atoms with Crippen LogP contribution in [0.3, 0.4) is 0 Å². The summed E-state index contributed by atoms with van der Waals surface area (Å²) in [6.07, 6.45) is 3.86. The second-order valence-electron chi connectivity index (χ2n) is 5.67. The summed E-state index contributed by atoms with van der Waals surface area (Å²) in [4.78, 5) is 0. The maximum Gasteiger partial charge on any atom is 0.162 e. The molecular formula is C13H26O2. The van der Waals surface area contributed by atoms with Crippen molar-refractivity contribution in [1.82, 2.24) is 0 Å². The van der Waals surface area contributed by atoms with E-state index in [2.05, 4.69) is 20.8 Å². The summed E-state index contributed by atoms with van der Waals surface area (Å²) in [6, 6.07) is 0. The highest BCUT2D eigenvalue weighted by Gasteiger charge is 2.39. The van der Waals surface area contributed by atoms with Gasteiger partial charge in [0.15, 0.2) is 5.79 Å². The normalized spacial score (nSPS) is 26.2. The van der Waals surface area contributed by atoms with Crippen molar-refractivity contribution >= 4 is 0 Å². The molecule has 90 valence electrons. The van der Waals surface area contributed by atoms with Crippen LogP contribution in [0.1, 0.15) is 53.9 Å². The minimum absolute atomic E-state index is 0.199. The van der Waals surface area contributed by atoms with Gasteiger partial charge in [0.2, 0.25) is 0 Å². The summed E-state index contributed by atoms with van der Waals surface area (Å²) in [5.41, 5.74) is 0.199. The van der Waals surface area contributed by atoms with Crippen LogP contribution in [0.15, 0.2) is 0 Å². The summed E-state index contributed by atoms with van der Waals surface area (Å²) >= 11 is 0. The Kier molecular flexibility index (Phi) is 4.19. The SMILES string of the molecule is CCCCC(C)C1(C)COC(C)(C)OC1. The van der Waals surface area contributed by atoms with E-state index in [0.717, 1.165) is 13.2 Å². The molecule has 1 rings (SSSR count). The molecule has 2 heteroatoms. The zero-order valence-corrected chi connectivity index (χ0v) is 10.9. The topological polar surface area (TPSA) is 18.5 Å². The van der Waals surface area contributed by atoms with E-state index in [0.29, 0.717) is 5.92 Å². The number of ether oxygens (including phenoxy) is 2. The number of hydrogen-bond donors (Lipinski definition) is 0. The molecule has 0 aromatic heterocycles. The van der Waals surface area contributed by atoms with Crippen LogP contribution in [-0.4, -0.2) is 19.0 Å².